The molecule has 21 heavy (non-hydrogen) atoms. The number of hydrogen-bond acceptors (Lipinski definition) is 4. The molecule has 5 nitrogen and oxygen atoms in total. The summed E-state index contributed by atoms with van der Waals surface area (Å²) < 4.78 is 0. The lowest BCUT2D eigenvalue weighted by atomic mass is 9.86. The average molecular weight is 292 g/mol. The summed E-state index contributed by atoms with van der Waals surface area (Å²) in [5, 5.41) is 21.9. The van der Waals surface area contributed by atoms with E-state index in [4.69, 9.17) is 5.73 Å². The molecule has 0 aliphatic heterocycles. The van der Waals surface area contributed by atoms with E-state index in [1.165, 1.54) is 0 Å². The topological polar surface area (TPSA) is 95.6 Å². The van der Waals surface area contributed by atoms with Gasteiger partial charge < -0.3 is 21.3 Å². The fourth-order valence-electron chi connectivity index (χ4n) is 2.77. The summed E-state index contributed by atoms with van der Waals surface area (Å²) in [5.74, 6) is 0.146. The van der Waals surface area contributed by atoms with E-state index in [9.17, 15) is 15.0 Å². The molecule has 1 fully saturated rings. The Bertz CT molecular complexity index is 461. The van der Waals surface area contributed by atoms with Gasteiger partial charge in [0.25, 0.3) is 0 Å². The second kappa shape index (κ2) is 7.43. The van der Waals surface area contributed by atoms with Crippen molar-refractivity contribution >= 4 is 5.91 Å². The number of nitrogens with one attached hydrogen (secondary N) is 1. The van der Waals surface area contributed by atoms with Crippen LogP contribution in [0.2, 0.25) is 0 Å². The van der Waals surface area contributed by atoms with E-state index in [0.29, 0.717) is 13.0 Å². The summed E-state index contributed by atoms with van der Waals surface area (Å²) >= 11 is 0. The van der Waals surface area contributed by atoms with E-state index >= 15 is 0 Å². The summed E-state index contributed by atoms with van der Waals surface area (Å²) in [6.45, 7) is 0.489. The van der Waals surface area contributed by atoms with Crippen molar-refractivity contribution < 1.29 is 15.0 Å². The Hall–Kier alpha value is -1.59. The van der Waals surface area contributed by atoms with Crippen LogP contribution in [0.25, 0.3) is 0 Å². The van der Waals surface area contributed by atoms with E-state index in [1.54, 1.807) is 24.3 Å². The van der Waals surface area contributed by atoms with E-state index in [0.717, 1.165) is 31.2 Å². The average Bonchev–Trinajstić information content (AvgIpc) is 2.48. The lowest BCUT2D eigenvalue weighted by molar-refractivity contribution is -0.122. The van der Waals surface area contributed by atoms with Crippen molar-refractivity contribution in [2.45, 2.75) is 44.2 Å². The van der Waals surface area contributed by atoms with E-state index in [1.807, 2.05) is 0 Å². The van der Waals surface area contributed by atoms with Gasteiger partial charge >= 0.3 is 0 Å². The SMILES string of the molecule is N[C@@H](Cc1ccc(O)cc1)C(=O)NCC1CCCCC1O. The standard InChI is InChI=1S/C16H24N2O3/c17-14(9-11-5-7-13(19)8-6-11)16(21)18-10-12-3-1-2-4-15(12)20/h5-8,12,14-15,19-20H,1-4,9-10,17H2,(H,18,21)/t12?,14-,15?/m0/s1. The molecule has 1 aliphatic carbocycles. The number of phenolic OH excluding ortho intramolecular Hbond substituents is 1. The minimum Gasteiger partial charge on any atom is -0.508 e. The van der Waals surface area contributed by atoms with Crippen LogP contribution in [0, 0.1) is 5.92 Å². The van der Waals surface area contributed by atoms with E-state index in [2.05, 4.69) is 5.32 Å². The number of aliphatic hydroxyl groups is 1. The maximum atomic E-state index is 12.0. The van der Waals surface area contributed by atoms with Gasteiger partial charge in [-0.1, -0.05) is 25.0 Å². The summed E-state index contributed by atoms with van der Waals surface area (Å²) in [7, 11) is 0. The second-order valence-electron chi connectivity index (χ2n) is 5.83. The minimum atomic E-state index is -0.615. The van der Waals surface area contributed by atoms with Crippen LogP contribution in [0.15, 0.2) is 24.3 Å². The molecule has 116 valence electrons. The Balaban J connectivity index is 1.78. The van der Waals surface area contributed by atoms with Crippen LogP contribution in [0.3, 0.4) is 0 Å². The molecule has 0 saturated heterocycles. The first kappa shape index (κ1) is 15.8. The number of carbonyl (C=O) groups excluding carboxylic acids is 1. The first-order valence-electron chi connectivity index (χ1n) is 7.55. The zero-order valence-corrected chi connectivity index (χ0v) is 12.2. The molecule has 0 aromatic heterocycles. The normalized spacial score (nSPS) is 23.5. The van der Waals surface area contributed by atoms with Gasteiger partial charge in [-0.15, -0.1) is 0 Å². The fraction of sp³-hybridized carbons (Fsp3) is 0.562. The molecule has 2 rings (SSSR count). The quantitative estimate of drug-likeness (QED) is 0.649. The number of hydrogen-bond donors (Lipinski definition) is 4. The number of benzene rings is 1. The predicted octanol–water partition coefficient (Wildman–Crippen LogP) is 0.929. The largest absolute Gasteiger partial charge is 0.508 e. The zero-order chi connectivity index (χ0) is 15.2. The molecule has 2 unspecified atom stereocenters. The molecular weight excluding hydrogens is 268 g/mol. The third-order valence-corrected chi connectivity index (χ3v) is 4.14. The van der Waals surface area contributed by atoms with Crippen molar-refractivity contribution in [2.24, 2.45) is 11.7 Å². The number of aliphatic hydroxyl groups excluding tert-OH is 1. The van der Waals surface area contributed by atoms with Gasteiger partial charge in [-0.05, 0) is 37.0 Å². The minimum absolute atomic E-state index is 0.142. The summed E-state index contributed by atoms with van der Waals surface area (Å²) in [5.41, 5.74) is 6.81. The Labute approximate surface area is 125 Å². The Morgan fingerprint density at radius 3 is 2.62 bits per heavy atom. The lowest BCUT2D eigenvalue weighted by Gasteiger charge is -2.28. The second-order valence-corrected chi connectivity index (χ2v) is 5.83. The molecule has 5 heteroatoms. The van der Waals surface area contributed by atoms with Crippen molar-refractivity contribution in [3.63, 3.8) is 0 Å². The van der Waals surface area contributed by atoms with Gasteiger partial charge in [0.05, 0.1) is 12.1 Å². The molecule has 0 radical (unpaired) electrons. The summed E-state index contributed by atoms with van der Waals surface area (Å²) in [4.78, 5) is 12.0. The van der Waals surface area contributed by atoms with Crippen LogP contribution in [-0.2, 0) is 11.2 Å². The number of amides is 1. The highest BCUT2D eigenvalue weighted by molar-refractivity contribution is 5.81. The van der Waals surface area contributed by atoms with E-state index in [-0.39, 0.29) is 23.7 Å². The third-order valence-electron chi connectivity index (χ3n) is 4.14. The molecule has 1 aliphatic rings. The van der Waals surface area contributed by atoms with Crippen molar-refractivity contribution in [3.05, 3.63) is 29.8 Å². The van der Waals surface area contributed by atoms with Gasteiger partial charge in [0.2, 0.25) is 5.91 Å². The number of carbonyl (C=O) groups is 1. The van der Waals surface area contributed by atoms with Crippen molar-refractivity contribution in [1.29, 1.82) is 0 Å². The number of phenols is 1. The lowest BCUT2D eigenvalue weighted by Crippen LogP contribution is -2.45. The highest BCUT2D eigenvalue weighted by Crippen LogP contribution is 2.23. The molecular formula is C16H24N2O3. The molecule has 3 atom stereocenters. The summed E-state index contributed by atoms with van der Waals surface area (Å²) in [6, 6.07) is 6.06. The Morgan fingerprint density at radius 1 is 1.29 bits per heavy atom. The molecule has 5 N–H and O–H groups in total. The summed E-state index contributed by atoms with van der Waals surface area (Å²) in [6.07, 6.45) is 4.06. The Kier molecular flexibility index (Phi) is 5.59. The van der Waals surface area contributed by atoms with Gasteiger partial charge in [0.1, 0.15) is 5.75 Å². The zero-order valence-electron chi connectivity index (χ0n) is 12.2. The highest BCUT2D eigenvalue weighted by atomic mass is 16.3. The molecule has 1 amide bonds. The van der Waals surface area contributed by atoms with Crippen LogP contribution < -0.4 is 11.1 Å². The monoisotopic (exact) mass is 292 g/mol. The maximum Gasteiger partial charge on any atom is 0.237 e. The van der Waals surface area contributed by atoms with Crippen molar-refractivity contribution in [2.75, 3.05) is 6.54 Å². The number of rotatable bonds is 5. The maximum absolute atomic E-state index is 12.0. The predicted molar refractivity (Wildman–Crippen MR) is 80.8 cm³/mol. The van der Waals surface area contributed by atoms with Crippen LogP contribution >= 0.6 is 0 Å². The Morgan fingerprint density at radius 2 is 1.95 bits per heavy atom. The van der Waals surface area contributed by atoms with Crippen LogP contribution in [0.1, 0.15) is 31.2 Å². The van der Waals surface area contributed by atoms with Crippen molar-refractivity contribution in [1.82, 2.24) is 5.32 Å². The molecule has 1 aromatic rings. The smallest absolute Gasteiger partial charge is 0.237 e. The first-order valence-corrected chi connectivity index (χ1v) is 7.55. The van der Waals surface area contributed by atoms with Crippen LogP contribution in [0.5, 0.6) is 5.75 Å². The molecule has 1 saturated carbocycles. The first-order chi connectivity index (χ1) is 10.1. The van der Waals surface area contributed by atoms with Crippen LogP contribution in [0.4, 0.5) is 0 Å². The number of aromatic hydroxyl groups is 1. The highest BCUT2D eigenvalue weighted by Gasteiger charge is 2.24. The molecule has 0 bridgehead atoms. The molecule has 0 heterocycles. The fourth-order valence-corrected chi connectivity index (χ4v) is 2.77. The molecule has 0 spiro atoms. The van der Waals surface area contributed by atoms with Crippen molar-refractivity contribution in [3.8, 4) is 5.75 Å². The van der Waals surface area contributed by atoms with Gasteiger partial charge in [0, 0.05) is 12.5 Å². The van der Waals surface area contributed by atoms with E-state index < -0.39 is 6.04 Å². The number of nitrogens with two attached hydrogens (primary N) is 1. The van der Waals surface area contributed by atoms with Gasteiger partial charge in [0.15, 0.2) is 0 Å². The molecule has 1 aromatic carbocycles. The van der Waals surface area contributed by atoms with Gasteiger partial charge in [-0.25, -0.2) is 0 Å². The van der Waals surface area contributed by atoms with Gasteiger partial charge in [-0.2, -0.15) is 0 Å². The van der Waals surface area contributed by atoms with Gasteiger partial charge in [-0.3, -0.25) is 4.79 Å². The van der Waals surface area contributed by atoms with Crippen LogP contribution in [-0.4, -0.2) is 34.8 Å². The third kappa shape index (κ3) is 4.72.